The van der Waals surface area contributed by atoms with Crippen molar-refractivity contribution in [2.24, 2.45) is 5.73 Å². The molecule has 2 aromatic rings. The minimum absolute atomic E-state index is 0.136. The molecule has 2 N–H and O–H groups in total. The standard InChI is InChI=1S/C21H26N2O4/c1-26-14-8-13-23(21(25)27-16-18-11-6-3-7-12-18)19(20(22)24)15-17-9-4-2-5-10-17/h2-7,9-12,19H,8,13-16H2,1H3,(H2,22,24)/t19-/m0/s1. The van der Waals surface area contributed by atoms with Gasteiger partial charge in [-0.15, -0.1) is 0 Å². The van der Waals surface area contributed by atoms with Crippen LogP contribution in [0, 0.1) is 0 Å². The molecule has 6 nitrogen and oxygen atoms in total. The molecule has 27 heavy (non-hydrogen) atoms. The molecule has 144 valence electrons. The largest absolute Gasteiger partial charge is 0.445 e. The highest BCUT2D eigenvalue weighted by Gasteiger charge is 2.29. The second-order valence-electron chi connectivity index (χ2n) is 6.19. The SMILES string of the molecule is COCCCN(C(=O)OCc1ccccc1)[C@@H](Cc1ccccc1)C(N)=O. The highest BCUT2D eigenvalue weighted by Crippen LogP contribution is 2.13. The van der Waals surface area contributed by atoms with Crippen LogP contribution < -0.4 is 5.73 Å². The molecular weight excluding hydrogens is 344 g/mol. The van der Waals surface area contributed by atoms with Gasteiger partial charge in [0.15, 0.2) is 0 Å². The number of amides is 2. The molecule has 0 aliphatic rings. The molecule has 2 amide bonds. The van der Waals surface area contributed by atoms with Crippen molar-refractivity contribution < 1.29 is 19.1 Å². The normalized spacial score (nSPS) is 11.6. The number of nitrogens with zero attached hydrogens (tertiary/aromatic N) is 1. The molecule has 0 fully saturated rings. The summed E-state index contributed by atoms with van der Waals surface area (Å²) in [6.07, 6.45) is 0.355. The third-order valence-electron chi connectivity index (χ3n) is 4.16. The second-order valence-corrected chi connectivity index (χ2v) is 6.19. The Hall–Kier alpha value is -2.86. The monoisotopic (exact) mass is 370 g/mol. The molecule has 0 saturated heterocycles. The van der Waals surface area contributed by atoms with Crippen molar-refractivity contribution in [1.29, 1.82) is 0 Å². The Balaban J connectivity index is 2.11. The first-order chi connectivity index (χ1) is 13.1. The second kappa shape index (κ2) is 11.0. The van der Waals surface area contributed by atoms with Crippen LogP contribution in [0.25, 0.3) is 0 Å². The van der Waals surface area contributed by atoms with Crippen LogP contribution in [0.1, 0.15) is 17.5 Å². The molecule has 6 heteroatoms. The summed E-state index contributed by atoms with van der Waals surface area (Å²) in [4.78, 5) is 26.2. The number of hydrogen-bond donors (Lipinski definition) is 1. The van der Waals surface area contributed by atoms with Crippen molar-refractivity contribution in [2.45, 2.75) is 25.5 Å². The van der Waals surface area contributed by atoms with Crippen molar-refractivity contribution >= 4 is 12.0 Å². The van der Waals surface area contributed by atoms with Crippen LogP contribution in [-0.2, 0) is 27.3 Å². The van der Waals surface area contributed by atoms with Gasteiger partial charge in [-0.1, -0.05) is 60.7 Å². The van der Waals surface area contributed by atoms with Crippen molar-refractivity contribution in [3.8, 4) is 0 Å². The summed E-state index contributed by atoms with van der Waals surface area (Å²) in [5.74, 6) is -0.562. The summed E-state index contributed by atoms with van der Waals surface area (Å²) in [7, 11) is 1.59. The Bertz CT molecular complexity index is 707. The van der Waals surface area contributed by atoms with E-state index in [1.807, 2.05) is 60.7 Å². The van der Waals surface area contributed by atoms with Gasteiger partial charge in [-0.2, -0.15) is 0 Å². The summed E-state index contributed by atoms with van der Waals surface area (Å²) >= 11 is 0. The van der Waals surface area contributed by atoms with E-state index in [1.54, 1.807) is 7.11 Å². The van der Waals surface area contributed by atoms with Gasteiger partial charge in [0.05, 0.1) is 0 Å². The van der Waals surface area contributed by atoms with Crippen molar-refractivity contribution in [1.82, 2.24) is 4.90 Å². The summed E-state index contributed by atoms with van der Waals surface area (Å²) in [6.45, 7) is 0.929. The number of carbonyl (C=O) groups is 2. The van der Waals surface area contributed by atoms with Gasteiger partial charge in [0.1, 0.15) is 12.6 Å². The predicted octanol–water partition coefficient (Wildman–Crippen LogP) is 2.76. The third kappa shape index (κ3) is 6.75. The molecule has 0 spiro atoms. The van der Waals surface area contributed by atoms with Gasteiger partial charge in [-0.3, -0.25) is 9.69 Å². The first kappa shape index (κ1) is 20.5. The molecule has 0 aliphatic carbocycles. The first-order valence-electron chi connectivity index (χ1n) is 8.91. The molecule has 0 saturated carbocycles. The maximum absolute atomic E-state index is 12.7. The zero-order valence-electron chi connectivity index (χ0n) is 15.5. The third-order valence-corrected chi connectivity index (χ3v) is 4.16. The topological polar surface area (TPSA) is 81.9 Å². The van der Waals surface area contributed by atoms with E-state index < -0.39 is 18.0 Å². The molecule has 0 radical (unpaired) electrons. The maximum atomic E-state index is 12.7. The van der Waals surface area contributed by atoms with E-state index in [1.165, 1.54) is 4.90 Å². The van der Waals surface area contributed by atoms with Crippen LogP contribution in [0.5, 0.6) is 0 Å². The quantitative estimate of drug-likeness (QED) is 0.652. The van der Waals surface area contributed by atoms with Gasteiger partial charge in [0, 0.05) is 26.7 Å². The number of carbonyl (C=O) groups excluding carboxylic acids is 2. The highest BCUT2D eigenvalue weighted by atomic mass is 16.6. The molecule has 0 heterocycles. The lowest BCUT2D eigenvalue weighted by molar-refractivity contribution is -0.122. The minimum atomic E-state index is -0.785. The van der Waals surface area contributed by atoms with Crippen molar-refractivity contribution in [3.05, 3.63) is 71.8 Å². The Labute approximate surface area is 159 Å². The maximum Gasteiger partial charge on any atom is 0.410 e. The molecule has 0 aliphatic heterocycles. The molecule has 2 rings (SSSR count). The molecule has 1 atom stereocenters. The lowest BCUT2D eigenvalue weighted by Gasteiger charge is -2.29. The van der Waals surface area contributed by atoms with E-state index in [0.717, 1.165) is 11.1 Å². The first-order valence-corrected chi connectivity index (χ1v) is 8.91. The van der Waals surface area contributed by atoms with Crippen LogP contribution in [0.4, 0.5) is 4.79 Å². The average Bonchev–Trinajstić information content (AvgIpc) is 2.69. The van der Waals surface area contributed by atoms with Crippen molar-refractivity contribution in [2.75, 3.05) is 20.3 Å². The molecule has 2 aromatic carbocycles. The lowest BCUT2D eigenvalue weighted by atomic mass is 10.0. The average molecular weight is 370 g/mol. The van der Waals surface area contributed by atoms with Gasteiger partial charge < -0.3 is 15.2 Å². The Morgan fingerprint density at radius 1 is 1.00 bits per heavy atom. The lowest BCUT2D eigenvalue weighted by Crippen LogP contribution is -2.50. The van der Waals surface area contributed by atoms with E-state index in [-0.39, 0.29) is 6.61 Å². The van der Waals surface area contributed by atoms with E-state index in [2.05, 4.69) is 0 Å². The van der Waals surface area contributed by atoms with Crippen LogP contribution in [0.3, 0.4) is 0 Å². The van der Waals surface area contributed by atoms with Gasteiger partial charge in [0.25, 0.3) is 0 Å². The summed E-state index contributed by atoms with van der Waals surface area (Å²) in [5.41, 5.74) is 7.42. The summed E-state index contributed by atoms with van der Waals surface area (Å²) in [6, 6.07) is 18.1. The zero-order valence-corrected chi connectivity index (χ0v) is 15.5. The van der Waals surface area contributed by atoms with E-state index in [9.17, 15) is 9.59 Å². The van der Waals surface area contributed by atoms with Gasteiger partial charge >= 0.3 is 6.09 Å². The van der Waals surface area contributed by atoms with Gasteiger partial charge in [0.2, 0.25) is 5.91 Å². The zero-order chi connectivity index (χ0) is 19.5. The number of rotatable bonds is 10. The van der Waals surface area contributed by atoms with Crippen LogP contribution >= 0.6 is 0 Å². The van der Waals surface area contributed by atoms with E-state index in [0.29, 0.717) is 26.0 Å². The van der Waals surface area contributed by atoms with Crippen LogP contribution in [-0.4, -0.2) is 43.2 Å². The summed E-state index contributed by atoms with van der Waals surface area (Å²) < 4.78 is 10.5. The fourth-order valence-electron chi connectivity index (χ4n) is 2.76. The van der Waals surface area contributed by atoms with Crippen molar-refractivity contribution in [3.63, 3.8) is 0 Å². The van der Waals surface area contributed by atoms with Gasteiger partial charge in [-0.05, 0) is 17.5 Å². The van der Waals surface area contributed by atoms with Gasteiger partial charge in [-0.25, -0.2) is 4.79 Å². The Kier molecular flexibility index (Phi) is 8.32. The number of nitrogens with two attached hydrogens (primary N) is 1. The number of methoxy groups -OCH3 is 1. The van der Waals surface area contributed by atoms with E-state index in [4.69, 9.17) is 15.2 Å². The number of primary amides is 1. The van der Waals surface area contributed by atoms with Crippen LogP contribution in [0.15, 0.2) is 60.7 Å². The van der Waals surface area contributed by atoms with Crippen LogP contribution in [0.2, 0.25) is 0 Å². The summed E-state index contributed by atoms with van der Waals surface area (Å²) in [5, 5.41) is 0. The molecule has 0 aromatic heterocycles. The smallest absolute Gasteiger partial charge is 0.410 e. The molecule has 0 unspecified atom stereocenters. The predicted molar refractivity (Wildman–Crippen MR) is 103 cm³/mol. The molecule has 0 bridgehead atoms. The fraction of sp³-hybridized carbons (Fsp3) is 0.333. The van der Waals surface area contributed by atoms with E-state index >= 15 is 0 Å². The number of hydrogen-bond acceptors (Lipinski definition) is 4. The Morgan fingerprint density at radius 2 is 1.59 bits per heavy atom. The minimum Gasteiger partial charge on any atom is -0.445 e. The highest BCUT2D eigenvalue weighted by molar-refractivity contribution is 5.84. The number of benzene rings is 2. The molecular formula is C21H26N2O4. The number of ether oxygens (including phenoxy) is 2. The Morgan fingerprint density at radius 3 is 2.15 bits per heavy atom. The fourth-order valence-corrected chi connectivity index (χ4v) is 2.76.